The first-order valence-electron chi connectivity index (χ1n) is 7.75. The second-order valence-corrected chi connectivity index (χ2v) is 6.13. The molecule has 25 heavy (non-hydrogen) atoms. The number of allylic oxidation sites excluding steroid dienone is 1. The Morgan fingerprint density at radius 1 is 1.20 bits per heavy atom. The van der Waals surface area contributed by atoms with Gasteiger partial charge in [-0.3, -0.25) is 4.79 Å². The Bertz CT molecular complexity index is 876. The Hall–Kier alpha value is -2.86. The van der Waals surface area contributed by atoms with Gasteiger partial charge >= 0.3 is 0 Å². The van der Waals surface area contributed by atoms with Crippen molar-refractivity contribution in [3.8, 4) is 11.5 Å². The van der Waals surface area contributed by atoms with Crippen LogP contribution in [0, 0.1) is 0 Å². The lowest BCUT2D eigenvalue weighted by Crippen LogP contribution is -2.44. The molecule has 1 heterocycles. The fraction of sp³-hybridized carbons (Fsp3) is 0.158. The SMILES string of the molecule is COc1cccc(C(=O)C2=C(C)NC(=S)NC2c2cccc(O)c2)c1. The van der Waals surface area contributed by atoms with Gasteiger partial charge in [0.05, 0.1) is 13.2 Å². The van der Waals surface area contributed by atoms with E-state index in [0.717, 1.165) is 5.56 Å². The maximum atomic E-state index is 13.2. The van der Waals surface area contributed by atoms with E-state index in [4.69, 9.17) is 17.0 Å². The molecule has 3 N–H and O–H groups in total. The van der Waals surface area contributed by atoms with Crippen molar-refractivity contribution in [1.29, 1.82) is 0 Å². The Kier molecular flexibility index (Phi) is 4.72. The second kappa shape index (κ2) is 6.94. The molecule has 5 nitrogen and oxygen atoms in total. The topological polar surface area (TPSA) is 70.6 Å². The van der Waals surface area contributed by atoms with E-state index in [2.05, 4.69) is 10.6 Å². The maximum absolute atomic E-state index is 13.2. The van der Waals surface area contributed by atoms with Crippen LogP contribution < -0.4 is 15.4 Å². The van der Waals surface area contributed by atoms with Crippen molar-refractivity contribution >= 4 is 23.1 Å². The number of Topliss-reactive ketones (excluding diaryl/α,β-unsaturated/α-hetero) is 1. The number of methoxy groups -OCH3 is 1. The smallest absolute Gasteiger partial charge is 0.193 e. The van der Waals surface area contributed by atoms with Crippen molar-refractivity contribution in [2.24, 2.45) is 0 Å². The van der Waals surface area contributed by atoms with E-state index in [1.807, 2.05) is 13.0 Å². The second-order valence-electron chi connectivity index (χ2n) is 5.73. The number of rotatable bonds is 4. The van der Waals surface area contributed by atoms with Crippen LogP contribution in [-0.2, 0) is 0 Å². The molecule has 3 rings (SSSR count). The van der Waals surface area contributed by atoms with E-state index < -0.39 is 6.04 Å². The zero-order valence-electron chi connectivity index (χ0n) is 13.9. The Labute approximate surface area is 151 Å². The molecule has 0 aliphatic carbocycles. The molecule has 1 aliphatic rings. The average Bonchev–Trinajstić information content (AvgIpc) is 2.60. The van der Waals surface area contributed by atoms with Gasteiger partial charge in [0.15, 0.2) is 10.9 Å². The number of thiocarbonyl (C=S) groups is 1. The number of phenolic OH excluding ortho intramolecular Hbond substituents is 1. The third-order valence-corrected chi connectivity index (χ3v) is 4.27. The van der Waals surface area contributed by atoms with Gasteiger partial charge in [0.2, 0.25) is 0 Å². The number of nitrogens with one attached hydrogen (secondary N) is 2. The van der Waals surface area contributed by atoms with Gasteiger partial charge in [-0.05, 0) is 49.0 Å². The summed E-state index contributed by atoms with van der Waals surface area (Å²) in [5.74, 6) is 0.618. The molecule has 1 atom stereocenters. The van der Waals surface area contributed by atoms with Crippen LogP contribution in [0.4, 0.5) is 0 Å². The van der Waals surface area contributed by atoms with Gasteiger partial charge in [0.25, 0.3) is 0 Å². The van der Waals surface area contributed by atoms with Gasteiger partial charge in [-0.2, -0.15) is 0 Å². The average molecular weight is 354 g/mol. The lowest BCUT2D eigenvalue weighted by molar-refractivity contribution is 0.102. The molecule has 0 amide bonds. The Morgan fingerprint density at radius 2 is 1.96 bits per heavy atom. The summed E-state index contributed by atoms with van der Waals surface area (Å²) >= 11 is 5.24. The molecule has 2 aromatic carbocycles. The minimum absolute atomic E-state index is 0.132. The number of hydrogen-bond donors (Lipinski definition) is 3. The van der Waals surface area contributed by atoms with E-state index in [-0.39, 0.29) is 11.5 Å². The molecule has 0 saturated heterocycles. The molecule has 2 aromatic rings. The normalized spacial score (nSPS) is 16.9. The highest BCUT2D eigenvalue weighted by Gasteiger charge is 2.30. The molecule has 128 valence electrons. The molecule has 0 bridgehead atoms. The van der Waals surface area contributed by atoms with E-state index in [1.165, 1.54) is 0 Å². The number of ether oxygens (including phenoxy) is 1. The fourth-order valence-corrected chi connectivity index (χ4v) is 3.14. The fourth-order valence-electron chi connectivity index (χ4n) is 2.87. The number of carbonyl (C=O) groups is 1. The Morgan fingerprint density at radius 3 is 2.68 bits per heavy atom. The standard InChI is InChI=1S/C19H18N2O3S/c1-11-16(18(23)13-6-4-8-15(10-13)24-2)17(21-19(25)20-11)12-5-3-7-14(22)9-12/h3-10,17,22H,1-2H3,(H2,20,21,25). The summed E-state index contributed by atoms with van der Waals surface area (Å²) in [6.45, 7) is 1.82. The van der Waals surface area contributed by atoms with Crippen LogP contribution >= 0.6 is 12.2 Å². The summed E-state index contributed by atoms with van der Waals surface area (Å²) < 4.78 is 5.21. The molecule has 0 radical (unpaired) electrons. The number of hydrogen-bond acceptors (Lipinski definition) is 4. The van der Waals surface area contributed by atoms with E-state index in [0.29, 0.717) is 27.7 Å². The highest BCUT2D eigenvalue weighted by atomic mass is 32.1. The molecular weight excluding hydrogens is 336 g/mol. The number of benzene rings is 2. The van der Waals surface area contributed by atoms with Crippen molar-refractivity contribution in [1.82, 2.24) is 10.6 Å². The predicted molar refractivity (Wildman–Crippen MR) is 99.7 cm³/mol. The minimum Gasteiger partial charge on any atom is -0.508 e. The summed E-state index contributed by atoms with van der Waals surface area (Å²) in [7, 11) is 1.56. The zero-order valence-corrected chi connectivity index (χ0v) is 14.7. The molecule has 0 fully saturated rings. The molecular formula is C19H18N2O3S. The van der Waals surface area contributed by atoms with Gasteiger partial charge in [-0.15, -0.1) is 0 Å². The molecule has 0 aromatic heterocycles. The number of carbonyl (C=O) groups excluding carboxylic acids is 1. The van der Waals surface area contributed by atoms with Crippen molar-refractivity contribution in [2.45, 2.75) is 13.0 Å². The predicted octanol–water partition coefficient (Wildman–Crippen LogP) is 3.08. The summed E-state index contributed by atoms with van der Waals surface area (Å²) in [6.07, 6.45) is 0. The lowest BCUT2D eigenvalue weighted by Gasteiger charge is -2.30. The van der Waals surface area contributed by atoms with Crippen LogP contribution in [0.1, 0.15) is 28.9 Å². The summed E-state index contributed by atoms with van der Waals surface area (Å²) in [5.41, 5.74) is 2.52. The largest absolute Gasteiger partial charge is 0.508 e. The van der Waals surface area contributed by atoms with Crippen LogP contribution in [0.5, 0.6) is 11.5 Å². The van der Waals surface area contributed by atoms with Crippen molar-refractivity contribution in [3.63, 3.8) is 0 Å². The number of aromatic hydroxyl groups is 1. The third-order valence-electron chi connectivity index (χ3n) is 4.05. The number of ketones is 1. The van der Waals surface area contributed by atoms with Crippen molar-refractivity contribution in [2.75, 3.05) is 7.11 Å². The van der Waals surface area contributed by atoms with Crippen LogP contribution in [0.25, 0.3) is 0 Å². The van der Waals surface area contributed by atoms with Crippen molar-refractivity contribution in [3.05, 3.63) is 70.9 Å². The third kappa shape index (κ3) is 3.49. The highest BCUT2D eigenvalue weighted by molar-refractivity contribution is 7.80. The van der Waals surface area contributed by atoms with Crippen LogP contribution in [0.3, 0.4) is 0 Å². The summed E-state index contributed by atoms with van der Waals surface area (Å²) in [5, 5.41) is 16.4. The molecule has 0 spiro atoms. The minimum atomic E-state index is -0.445. The van der Waals surface area contributed by atoms with Crippen LogP contribution in [0.15, 0.2) is 59.8 Å². The Balaban J connectivity index is 2.07. The summed E-state index contributed by atoms with van der Waals surface area (Å²) in [6, 6.07) is 13.4. The van der Waals surface area contributed by atoms with Crippen LogP contribution in [-0.4, -0.2) is 23.1 Å². The molecule has 6 heteroatoms. The summed E-state index contributed by atoms with van der Waals surface area (Å²) in [4.78, 5) is 13.2. The van der Waals surface area contributed by atoms with E-state index in [1.54, 1.807) is 49.6 Å². The lowest BCUT2D eigenvalue weighted by atomic mass is 9.89. The van der Waals surface area contributed by atoms with Gasteiger partial charge < -0.3 is 20.5 Å². The van der Waals surface area contributed by atoms with E-state index in [9.17, 15) is 9.90 Å². The molecule has 0 saturated carbocycles. The molecule has 1 aliphatic heterocycles. The van der Waals surface area contributed by atoms with Gasteiger partial charge in [0, 0.05) is 16.8 Å². The first-order chi connectivity index (χ1) is 12.0. The monoisotopic (exact) mass is 354 g/mol. The van der Waals surface area contributed by atoms with E-state index >= 15 is 0 Å². The first-order valence-corrected chi connectivity index (χ1v) is 8.16. The highest BCUT2D eigenvalue weighted by Crippen LogP contribution is 2.31. The van der Waals surface area contributed by atoms with Gasteiger partial charge in [-0.1, -0.05) is 24.3 Å². The van der Waals surface area contributed by atoms with Gasteiger partial charge in [0.1, 0.15) is 11.5 Å². The number of phenols is 1. The molecule has 1 unspecified atom stereocenters. The quantitative estimate of drug-likeness (QED) is 0.579. The first kappa shape index (κ1) is 17.0. The van der Waals surface area contributed by atoms with Gasteiger partial charge in [-0.25, -0.2) is 0 Å². The zero-order chi connectivity index (χ0) is 18.0. The maximum Gasteiger partial charge on any atom is 0.193 e. The van der Waals surface area contributed by atoms with Crippen molar-refractivity contribution < 1.29 is 14.6 Å². The van der Waals surface area contributed by atoms with Crippen LogP contribution in [0.2, 0.25) is 0 Å².